The number of benzene rings is 1. The molecule has 0 spiro atoms. The lowest BCUT2D eigenvalue weighted by molar-refractivity contribution is 0.112. The second-order valence-electron chi connectivity index (χ2n) is 6.83. The Kier molecular flexibility index (Phi) is 6.48. The van der Waals surface area contributed by atoms with Gasteiger partial charge in [-0.15, -0.1) is 0 Å². The monoisotopic (exact) mass is 286 g/mol. The van der Waals surface area contributed by atoms with Crippen molar-refractivity contribution in [3.05, 3.63) is 35.4 Å². The summed E-state index contributed by atoms with van der Waals surface area (Å²) in [5.41, 5.74) is 2.18. The van der Waals surface area contributed by atoms with E-state index in [1.54, 1.807) is 0 Å². The average Bonchev–Trinajstić information content (AvgIpc) is 2.55. The summed E-state index contributed by atoms with van der Waals surface area (Å²) in [5, 5.41) is 0. The molecule has 1 aromatic rings. The van der Waals surface area contributed by atoms with Gasteiger partial charge in [-0.25, -0.2) is 0 Å². The van der Waals surface area contributed by atoms with Gasteiger partial charge in [-0.2, -0.15) is 0 Å². The number of aldehydes is 1. The Hall–Kier alpha value is -1.11. The van der Waals surface area contributed by atoms with Crippen LogP contribution in [0, 0.1) is 11.8 Å². The summed E-state index contributed by atoms with van der Waals surface area (Å²) in [6.07, 6.45) is 11.7. The van der Waals surface area contributed by atoms with E-state index < -0.39 is 0 Å². The molecular weight excluding hydrogens is 256 g/mol. The van der Waals surface area contributed by atoms with Gasteiger partial charge < -0.3 is 0 Å². The molecule has 1 heteroatoms. The van der Waals surface area contributed by atoms with Gasteiger partial charge in [-0.1, -0.05) is 63.8 Å². The van der Waals surface area contributed by atoms with Gasteiger partial charge in [0.15, 0.2) is 0 Å². The van der Waals surface area contributed by atoms with Crippen LogP contribution in [0.1, 0.15) is 87.1 Å². The predicted molar refractivity (Wildman–Crippen MR) is 89.8 cm³/mol. The molecule has 1 aromatic carbocycles. The van der Waals surface area contributed by atoms with E-state index in [1.807, 2.05) is 12.1 Å². The zero-order chi connectivity index (χ0) is 15.1. The van der Waals surface area contributed by atoms with Crippen LogP contribution in [-0.2, 0) is 0 Å². The van der Waals surface area contributed by atoms with Crippen molar-refractivity contribution in [1.82, 2.24) is 0 Å². The quantitative estimate of drug-likeness (QED) is 0.444. The number of carbonyl (C=O) groups is 1. The first-order valence-electron chi connectivity index (χ1n) is 8.80. The van der Waals surface area contributed by atoms with Crippen LogP contribution in [0.2, 0.25) is 0 Å². The molecule has 1 aliphatic rings. The van der Waals surface area contributed by atoms with Gasteiger partial charge in [-0.3, -0.25) is 4.79 Å². The first-order valence-corrected chi connectivity index (χ1v) is 8.80. The molecule has 0 radical (unpaired) electrons. The largest absolute Gasteiger partial charge is 0.298 e. The molecule has 0 bridgehead atoms. The fourth-order valence-electron chi connectivity index (χ4n) is 3.94. The first kappa shape index (κ1) is 16.3. The van der Waals surface area contributed by atoms with E-state index in [9.17, 15) is 4.79 Å². The van der Waals surface area contributed by atoms with E-state index in [4.69, 9.17) is 0 Å². The SMILES string of the molecule is CCCCCC(C)[C@H]1CC[C@H](c2ccccc2C=O)CC1. The van der Waals surface area contributed by atoms with Gasteiger partial charge in [0.25, 0.3) is 0 Å². The van der Waals surface area contributed by atoms with Gasteiger partial charge in [0, 0.05) is 5.56 Å². The number of unbranched alkanes of at least 4 members (excludes halogenated alkanes) is 2. The van der Waals surface area contributed by atoms with Crippen LogP contribution < -0.4 is 0 Å². The molecule has 2 rings (SSSR count). The topological polar surface area (TPSA) is 17.1 Å². The minimum absolute atomic E-state index is 0.602. The number of hydrogen-bond donors (Lipinski definition) is 0. The highest BCUT2D eigenvalue weighted by Crippen LogP contribution is 2.40. The molecule has 0 saturated heterocycles. The average molecular weight is 286 g/mol. The maximum absolute atomic E-state index is 11.2. The van der Waals surface area contributed by atoms with E-state index >= 15 is 0 Å². The molecule has 0 aliphatic heterocycles. The van der Waals surface area contributed by atoms with Crippen molar-refractivity contribution in [2.75, 3.05) is 0 Å². The summed E-state index contributed by atoms with van der Waals surface area (Å²) in [6.45, 7) is 4.72. The molecule has 1 unspecified atom stereocenters. The highest BCUT2D eigenvalue weighted by Gasteiger charge is 2.26. The fraction of sp³-hybridized carbons (Fsp3) is 0.650. The number of hydrogen-bond acceptors (Lipinski definition) is 1. The Morgan fingerprint density at radius 1 is 1.14 bits per heavy atom. The summed E-state index contributed by atoms with van der Waals surface area (Å²) >= 11 is 0. The zero-order valence-electron chi connectivity index (χ0n) is 13.7. The number of rotatable bonds is 7. The number of carbonyl (C=O) groups excluding carboxylic acids is 1. The van der Waals surface area contributed by atoms with Gasteiger partial charge in [-0.05, 0) is 49.0 Å². The molecule has 0 amide bonds. The zero-order valence-corrected chi connectivity index (χ0v) is 13.7. The molecule has 1 aliphatic carbocycles. The highest BCUT2D eigenvalue weighted by atomic mass is 16.1. The molecule has 1 nitrogen and oxygen atoms in total. The second kappa shape index (κ2) is 8.36. The van der Waals surface area contributed by atoms with E-state index in [0.717, 1.165) is 23.7 Å². The molecule has 1 saturated carbocycles. The van der Waals surface area contributed by atoms with Crippen molar-refractivity contribution < 1.29 is 4.79 Å². The molecule has 1 atom stereocenters. The molecule has 21 heavy (non-hydrogen) atoms. The van der Waals surface area contributed by atoms with Crippen molar-refractivity contribution in [2.24, 2.45) is 11.8 Å². The minimum Gasteiger partial charge on any atom is -0.298 e. The Morgan fingerprint density at radius 3 is 2.52 bits per heavy atom. The van der Waals surface area contributed by atoms with Crippen molar-refractivity contribution in [1.29, 1.82) is 0 Å². The fourth-order valence-corrected chi connectivity index (χ4v) is 3.94. The Bertz CT molecular complexity index is 429. The van der Waals surface area contributed by atoms with Crippen molar-refractivity contribution in [3.8, 4) is 0 Å². The van der Waals surface area contributed by atoms with Gasteiger partial charge in [0.2, 0.25) is 0 Å². The Labute approximate surface area is 130 Å². The summed E-state index contributed by atoms with van der Waals surface area (Å²) in [7, 11) is 0. The Morgan fingerprint density at radius 2 is 1.86 bits per heavy atom. The van der Waals surface area contributed by atoms with Crippen LogP contribution in [0.15, 0.2) is 24.3 Å². The molecule has 0 aromatic heterocycles. The normalized spacial score (nSPS) is 23.7. The predicted octanol–water partition coefficient (Wildman–Crippen LogP) is 5.99. The van der Waals surface area contributed by atoms with Crippen LogP contribution in [0.3, 0.4) is 0 Å². The van der Waals surface area contributed by atoms with Crippen molar-refractivity contribution in [2.45, 2.75) is 71.1 Å². The Balaban J connectivity index is 1.86. The maximum atomic E-state index is 11.2. The van der Waals surface area contributed by atoms with Crippen molar-refractivity contribution in [3.63, 3.8) is 0 Å². The third-order valence-corrected chi connectivity index (χ3v) is 5.40. The molecular formula is C20H30O. The van der Waals surface area contributed by atoms with Crippen LogP contribution in [0.5, 0.6) is 0 Å². The van der Waals surface area contributed by atoms with Crippen LogP contribution in [0.25, 0.3) is 0 Å². The third-order valence-electron chi connectivity index (χ3n) is 5.40. The molecule has 1 fully saturated rings. The summed E-state index contributed by atoms with van der Waals surface area (Å²) in [6, 6.07) is 8.15. The minimum atomic E-state index is 0.602. The third kappa shape index (κ3) is 4.43. The van der Waals surface area contributed by atoms with Gasteiger partial charge >= 0.3 is 0 Å². The van der Waals surface area contributed by atoms with Crippen molar-refractivity contribution >= 4 is 6.29 Å². The second-order valence-corrected chi connectivity index (χ2v) is 6.83. The molecule has 0 heterocycles. The smallest absolute Gasteiger partial charge is 0.150 e. The lowest BCUT2D eigenvalue weighted by atomic mass is 9.72. The summed E-state index contributed by atoms with van der Waals surface area (Å²) < 4.78 is 0. The van der Waals surface area contributed by atoms with Crippen LogP contribution >= 0.6 is 0 Å². The van der Waals surface area contributed by atoms with E-state index in [2.05, 4.69) is 26.0 Å². The van der Waals surface area contributed by atoms with Crippen LogP contribution in [-0.4, -0.2) is 6.29 Å². The highest BCUT2D eigenvalue weighted by molar-refractivity contribution is 5.77. The van der Waals surface area contributed by atoms with E-state index in [-0.39, 0.29) is 0 Å². The van der Waals surface area contributed by atoms with Gasteiger partial charge in [0.05, 0.1) is 0 Å². The summed E-state index contributed by atoms with van der Waals surface area (Å²) in [4.78, 5) is 11.2. The first-order chi connectivity index (χ1) is 10.3. The van der Waals surface area contributed by atoms with E-state index in [1.165, 1.54) is 56.9 Å². The van der Waals surface area contributed by atoms with Crippen LogP contribution in [0.4, 0.5) is 0 Å². The maximum Gasteiger partial charge on any atom is 0.150 e. The standard InChI is InChI=1S/C20H30O/c1-3-4-5-8-16(2)17-11-13-18(14-12-17)20-10-7-6-9-19(20)15-21/h6-7,9-10,15-18H,3-5,8,11-14H2,1-2H3/t16?,17-,18-. The molecule has 0 N–H and O–H groups in total. The lowest BCUT2D eigenvalue weighted by Gasteiger charge is -2.33. The van der Waals surface area contributed by atoms with E-state index in [0.29, 0.717) is 5.92 Å². The lowest BCUT2D eigenvalue weighted by Crippen LogP contribution is -2.20. The molecule has 116 valence electrons. The summed E-state index contributed by atoms with van der Waals surface area (Å²) in [5.74, 6) is 2.38. The van der Waals surface area contributed by atoms with Gasteiger partial charge in [0.1, 0.15) is 6.29 Å².